The van der Waals surface area contributed by atoms with Gasteiger partial charge in [-0.15, -0.1) is 0 Å². The van der Waals surface area contributed by atoms with Gasteiger partial charge in [0.1, 0.15) is 18.2 Å². The van der Waals surface area contributed by atoms with Crippen molar-refractivity contribution in [1.82, 2.24) is 10.6 Å². The van der Waals surface area contributed by atoms with E-state index in [0.717, 1.165) is 32.1 Å². The molecule has 1 aliphatic carbocycles. The molecule has 0 aliphatic heterocycles. The largest absolute Gasteiger partial charge is 0.465 e. The lowest BCUT2D eigenvalue weighted by Gasteiger charge is -2.30. The van der Waals surface area contributed by atoms with Crippen molar-refractivity contribution in [3.05, 3.63) is 0 Å². The summed E-state index contributed by atoms with van der Waals surface area (Å²) in [5.41, 5.74) is -0.636. The second-order valence-corrected chi connectivity index (χ2v) is 7.04. The number of hydrogen-bond acceptors (Lipinski definition) is 5. The van der Waals surface area contributed by atoms with E-state index in [1.807, 2.05) is 0 Å². The van der Waals surface area contributed by atoms with Gasteiger partial charge in [0.2, 0.25) is 5.91 Å². The van der Waals surface area contributed by atoms with Crippen LogP contribution in [-0.4, -0.2) is 42.8 Å². The van der Waals surface area contributed by atoms with E-state index in [1.54, 1.807) is 27.7 Å². The van der Waals surface area contributed by atoms with Crippen molar-refractivity contribution in [2.45, 2.75) is 71.4 Å². The lowest BCUT2D eigenvalue weighted by Crippen LogP contribution is -2.53. The predicted octanol–water partition coefficient (Wildman–Crippen LogP) is 2.14. The quantitative estimate of drug-likeness (QED) is 0.721. The predicted molar refractivity (Wildman–Crippen MR) is 89.4 cm³/mol. The van der Waals surface area contributed by atoms with E-state index < -0.39 is 23.7 Å². The van der Waals surface area contributed by atoms with Gasteiger partial charge in [0.25, 0.3) is 0 Å². The summed E-state index contributed by atoms with van der Waals surface area (Å²) in [5.74, 6) is -0.820. The van der Waals surface area contributed by atoms with Crippen LogP contribution in [0.5, 0.6) is 0 Å². The molecule has 1 atom stereocenters. The average molecular weight is 342 g/mol. The van der Waals surface area contributed by atoms with Crippen LogP contribution in [-0.2, 0) is 19.1 Å². The van der Waals surface area contributed by atoms with Crippen molar-refractivity contribution in [1.29, 1.82) is 0 Å². The lowest BCUT2D eigenvalue weighted by molar-refractivity contribution is -0.143. The van der Waals surface area contributed by atoms with Gasteiger partial charge in [0.15, 0.2) is 0 Å². The van der Waals surface area contributed by atoms with Crippen LogP contribution in [0.1, 0.15) is 59.8 Å². The van der Waals surface area contributed by atoms with Crippen molar-refractivity contribution < 1.29 is 23.9 Å². The minimum atomic E-state index is -0.699. The fourth-order valence-corrected chi connectivity index (χ4v) is 2.78. The molecule has 2 N–H and O–H groups in total. The first-order valence-electron chi connectivity index (χ1n) is 8.65. The molecular formula is C17H30N2O5. The molecule has 24 heavy (non-hydrogen) atoms. The third-order valence-corrected chi connectivity index (χ3v) is 3.79. The molecule has 0 saturated heterocycles. The molecule has 0 spiro atoms. The van der Waals surface area contributed by atoms with Crippen LogP contribution >= 0.6 is 0 Å². The van der Waals surface area contributed by atoms with Crippen LogP contribution < -0.4 is 10.6 Å². The van der Waals surface area contributed by atoms with Crippen molar-refractivity contribution in [2.75, 3.05) is 13.2 Å². The first-order chi connectivity index (χ1) is 11.2. The molecule has 1 unspecified atom stereocenters. The number of nitrogens with one attached hydrogen (secondary N) is 2. The molecule has 0 radical (unpaired) electrons. The number of esters is 1. The van der Waals surface area contributed by atoms with Crippen molar-refractivity contribution in [3.8, 4) is 0 Å². The van der Waals surface area contributed by atoms with E-state index in [4.69, 9.17) is 9.47 Å². The van der Waals surface area contributed by atoms with Crippen LogP contribution in [0, 0.1) is 5.92 Å². The average Bonchev–Trinajstić information content (AvgIpc) is 2.50. The van der Waals surface area contributed by atoms with Crippen LogP contribution in [0.4, 0.5) is 4.79 Å². The highest BCUT2D eigenvalue weighted by atomic mass is 16.6. The standard InChI is InChI=1S/C17H30N2O5/c1-5-23-13(20)11-18-15(21)14(12-9-7-6-8-10-12)19-16(22)24-17(2,3)4/h12,14H,5-11H2,1-4H3,(H,18,21)(H,19,22). The van der Waals surface area contributed by atoms with Crippen LogP contribution in [0.3, 0.4) is 0 Å². The molecular weight excluding hydrogens is 312 g/mol. The minimum Gasteiger partial charge on any atom is -0.465 e. The number of carbonyl (C=O) groups is 3. The van der Waals surface area contributed by atoms with Crippen LogP contribution in [0.25, 0.3) is 0 Å². The van der Waals surface area contributed by atoms with E-state index in [9.17, 15) is 14.4 Å². The number of amides is 2. The minimum absolute atomic E-state index is 0.0495. The highest BCUT2D eigenvalue weighted by Crippen LogP contribution is 2.27. The zero-order valence-electron chi connectivity index (χ0n) is 15.1. The summed E-state index contributed by atoms with van der Waals surface area (Å²) in [6, 6.07) is -0.699. The highest BCUT2D eigenvalue weighted by molar-refractivity contribution is 5.88. The van der Waals surface area contributed by atoms with Gasteiger partial charge in [-0.2, -0.15) is 0 Å². The summed E-state index contributed by atoms with van der Waals surface area (Å²) in [5, 5.41) is 5.22. The number of ether oxygens (including phenoxy) is 2. The van der Waals surface area contributed by atoms with Crippen molar-refractivity contribution >= 4 is 18.0 Å². The number of rotatable bonds is 6. The molecule has 0 aromatic carbocycles. The molecule has 0 heterocycles. The Morgan fingerprint density at radius 2 is 1.75 bits per heavy atom. The van der Waals surface area contributed by atoms with Gasteiger partial charge in [-0.3, -0.25) is 9.59 Å². The van der Waals surface area contributed by atoms with E-state index in [-0.39, 0.29) is 25.0 Å². The first-order valence-corrected chi connectivity index (χ1v) is 8.65. The maximum absolute atomic E-state index is 12.5. The van der Waals surface area contributed by atoms with Crippen molar-refractivity contribution in [3.63, 3.8) is 0 Å². The summed E-state index contributed by atoms with van der Waals surface area (Å²) < 4.78 is 10.1. The van der Waals surface area contributed by atoms with E-state index in [1.165, 1.54) is 0 Å². The third kappa shape index (κ3) is 7.66. The number of hydrogen-bond donors (Lipinski definition) is 2. The summed E-state index contributed by atoms with van der Waals surface area (Å²) >= 11 is 0. The molecule has 0 aromatic heterocycles. The SMILES string of the molecule is CCOC(=O)CNC(=O)C(NC(=O)OC(C)(C)C)C1CCCCC1. The number of alkyl carbamates (subject to hydrolysis) is 1. The van der Waals surface area contributed by atoms with Crippen molar-refractivity contribution in [2.24, 2.45) is 5.92 Å². The molecule has 1 aliphatic rings. The second kappa shape index (κ2) is 9.49. The molecule has 7 nitrogen and oxygen atoms in total. The fraction of sp³-hybridized carbons (Fsp3) is 0.824. The smallest absolute Gasteiger partial charge is 0.408 e. The zero-order chi connectivity index (χ0) is 18.2. The molecule has 1 rings (SSSR count). The van der Waals surface area contributed by atoms with Gasteiger partial charge in [-0.25, -0.2) is 4.79 Å². The topological polar surface area (TPSA) is 93.7 Å². The van der Waals surface area contributed by atoms with E-state index in [0.29, 0.717) is 0 Å². The Hall–Kier alpha value is -1.79. The highest BCUT2D eigenvalue weighted by Gasteiger charge is 2.32. The first kappa shape index (κ1) is 20.3. The van der Waals surface area contributed by atoms with Gasteiger partial charge in [0.05, 0.1) is 6.61 Å². The summed E-state index contributed by atoms with van der Waals surface area (Å²) in [6.07, 6.45) is 4.31. The second-order valence-electron chi connectivity index (χ2n) is 7.04. The molecule has 138 valence electrons. The molecule has 0 aromatic rings. The maximum atomic E-state index is 12.5. The summed E-state index contributed by atoms with van der Waals surface area (Å²) in [4.78, 5) is 35.9. The van der Waals surface area contributed by atoms with Gasteiger partial charge >= 0.3 is 12.1 Å². The summed E-state index contributed by atoms with van der Waals surface area (Å²) in [6.45, 7) is 7.06. The zero-order valence-corrected chi connectivity index (χ0v) is 15.1. The Kier molecular flexibility index (Phi) is 8.01. The lowest BCUT2D eigenvalue weighted by atomic mass is 9.83. The van der Waals surface area contributed by atoms with Gasteiger partial charge in [-0.05, 0) is 46.5 Å². The normalized spacial score (nSPS) is 16.8. The molecule has 1 fully saturated rings. The third-order valence-electron chi connectivity index (χ3n) is 3.79. The number of carbonyl (C=O) groups excluding carboxylic acids is 3. The summed E-state index contributed by atoms with van der Waals surface area (Å²) in [7, 11) is 0. The van der Waals surface area contributed by atoms with E-state index >= 15 is 0 Å². The molecule has 7 heteroatoms. The molecule has 1 saturated carbocycles. The van der Waals surface area contributed by atoms with Crippen LogP contribution in [0.2, 0.25) is 0 Å². The Morgan fingerprint density at radius 3 is 2.29 bits per heavy atom. The Labute approximate surface area is 143 Å². The Balaban J connectivity index is 2.67. The Bertz CT molecular complexity index is 439. The van der Waals surface area contributed by atoms with Gasteiger partial charge < -0.3 is 20.1 Å². The van der Waals surface area contributed by atoms with E-state index in [2.05, 4.69) is 10.6 Å². The van der Waals surface area contributed by atoms with Gasteiger partial charge in [-0.1, -0.05) is 19.3 Å². The Morgan fingerprint density at radius 1 is 1.12 bits per heavy atom. The fourth-order valence-electron chi connectivity index (χ4n) is 2.78. The monoisotopic (exact) mass is 342 g/mol. The van der Waals surface area contributed by atoms with Crippen LogP contribution in [0.15, 0.2) is 0 Å². The molecule has 2 amide bonds. The molecule has 0 bridgehead atoms. The maximum Gasteiger partial charge on any atom is 0.408 e. The van der Waals surface area contributed by atoms with Gasteiger partial charge in [0, 0.05) is 0 Å².